The summed E-state index contributed by atoms with van der Waals surface area (Å²) in [5.41, 5.74) is 1.72. The van der Waals surface area contributed by atoms with Crippen LogP contribution in [0.25, 0.3) is 0 Å². The van der Waals surface area contributed by atoms with Crippen molar-refractivity contribution in [1.82, 2.24) is 0 Å². The molecule has 2 atom stereocenters. The molecule has 0 saturated heterocycles. The van der Waals surface area contributed by atoms with Crippen molar-refractivity contribution in [3.05, 3.63) is 28.8 Å². The van der Waals surface area contributed by atoms with Gasteiger partial charge in [-0.05, 0) is 25.0 Å². The van der Waals surface area contributed by atoms with E-state index in [0.717, 1.165) is 5.56 Å². The number of carbonyl (C=O) groups is 1. The number of aryl methyl sites for hydroxylation is 1. The maximum atomic E-state index is 11.8. The van der Waals surface area contributed by atoms with Gasteiger partial charge >= 0.3 is 5.97 Å². The van der Waals surface area contributed by atoms with Crippen LogP contribution < -0.4 is 0 Å². The van der Waals surface area contributed by atoms with Crippen LogP contribution in [0.5, 0.6) is 5.75 Å². The van der Waals surface area contributed by atoms with E-state index in [9.17, 15) is 15.0 Å². The van der Waals surface area contributed by atoms with Gasteiger partial charge in [0.15, 0.2) is 0 Å². The zero-order chi connectivity index (χ0) is 12.6. The number of aliphatic hydroxyl groups excluding tert-OH is 1. The number of esters is 1. The van der Waals surface area contributed by atoms with E-state index in [1.165, 1.54) is 0 Å². The third-order valence-electron chi connectivity index (χ3n) is 3.00. The number of fused-ring (bicyclic) bond motifs is 1. The third kappa shape index (κ3) is 2.26. The van der Waals surface area contributed by atoms with Gasteiger partial charge in [0, 0.05) is 12.8 Å². The number of aromatic hydroxyl groups is 1. The Balaban J connectivity index is 2.32. The van der Waals surface area contributed by atoms with Gasteiger partial charge < -0.3 is 14.9 Å². The number of aliphatic hydroxyl groups is 1. The number of hydrogen-bond donors (Lipinski definition) is 2. The Morgan fingerprint density at radius 2 is 2.24 bits per heavy atom. The largest absolute Gasteiger partial charge is 0.507 e. The summed E-state index contributed by atoms with van der Waals surface area (Å²) in [5.74, 6) is -0.499. The molecule has 4 heteroatoms. The first-order chi connectivity index (χ1) is 7.99. The average molecular weight is 236 g/mol. The number of rotatable bonds is 2. The number of hydrogen-bond acceptors (Lipinski definition) is 4. The zero-order valence-corrected chi connectivity index (χ0v) is 9.93. The van der Waals surface area contributed by atoms with Crippen LogP contribution in [0.1, 0.15) is 34.8 Å². The highest BCUT2D eigenvalue weighted by molar-refractivity contribution is 5.95. The molecule has 0 amide bonds. The molecule has 2 unspecified atom stereocenters. The van der Waals surface area contributed by atoms with Crippen LogP contribution in [0, 0.1) is 6.92 Å². The van der Waals surface area contributed by atoms with Crippen LogP contribution in [0.15, 0.2) is 12.1 Å². The minimum Gasteiger partial charge on any atom is -0.507 e. The summed E-state index contributed by atoms with van der Waals surface area (Å²) in [5, 5.41) is 19.1. The molecule has 17 heavy (non-hydrogen) atoms. The summed E-state index contributed by atoms with van der Waals surface area (Å²) in [7, 11) is 0. The van der Waals surface area contributed by atoms with Crippen molar-refractivity contribution in [3.8, 4) is 5.75 Å². The summed E-state index contributed by atoms with van der Waals surface area (Å²) in [4.78, 5) is 11.8. The van der Waals surface area contributed by atoms with Crippen molar-refractivity contribution in [2.24, 2.45) is 0 Å². The van der Waals surface area contributed by atoms with Gasteiger partial charge in [0.1, 0.15) is 17.4 Å². The Kier molecular flexibility index (Phi) is 3.07. The predicted molar refractivity (Wildman–Crippen MR) is 62.0 cm³/mol. The highest BCUT2D eigenvalue weighted by Gasteiger charge is 2.30. The summed E-state index contributed by atoms with van der Waals surface area (Å²) in [6.45, 7) is 3.40. The molecule has 1 aromatic carbocycles. The fourth-order valence-electron chi connectivity index (χ4n) is 2.14. The molecule has 0 aliphatic carbocycles. The number of phenols is 1. The Morgan fingerprint density at radius 1 is 1.53 bits per heavy atom. The minimum absolute atomic E-state index is 0.00277. The van der Waals surface area contributed by atoms with Crippen LogP contribution in [-0.2, 0) is 11.2 Å². The maximum Gasteiger partial charge on any atom is 0.342 e. The molecule has 1 heterocycles. The number of benzene rings is 1. The average Bonchev–Trinajstić information content (AvgIpc) is 2.22. The Bertz CT molecular complexity index is 451. The Labute approximate surface area is 99.8 Å². The molecular formula is C13H16O4. The molecule has 2 N–H and O–H groups in total. The molecule has 1 aromatic rings. The standard InChI is InChI=1S/C13H16O4/c1-7-3-4-9-6-10(5-8(2)14)17-13(16)11(9)12(7)15/h3-4,8,10,14-15H,5-6H2,1-2H3. The first-order valence-electron chi connectivity index (χ1n) is 5.69. The van der Waals surface area contributed by atoms with E-state index in [0.29, 0.717) is 18.4 Å². The molecule has 0 bridgehead atoms. The van der Waals surface area contributed by atoms with E-state index in [2.05, 4.69) is 0 Å². The van der Waals surface area contributed by atoms with E-state index >= 15 is 0 Å². The molecule has 2 rings (SSSR count). The topological polar surface area (TPSA) is 66.8 Å². The molecule has 1 aliphatic rings. The zero-order valence-electron chi connectivity index (χ0n) is 9.93. The van der Waals surface area contributed by atoms with Crippen molar-refractivity contribution >= 4 is 5.97 Å². The van der Waals surface area contributed by atoms with Gasteiger partial charge in [0.25, 0.3) is 0 Å². The molecule has 0 saturated carbocycles. The van der Waals surface area contributed by atoms with Crippen LogP contribution in [0.3, 0.4) is 0 Å². The second-order valence-corrected chi connectivity index (χ2v) is 4.58. The highest BCUT2D eigenvalue weighted by atomic mass is 16.5. The van der Waals surface area contributed by atoms with Crippen molar-refractivity contribution in [2.45, 2.75) is 38.9 Å². The van der Waals surface area contributed by atoms with Gasteiger partial charge in [-0.3, -0.25) is 0 Å². The molecular weight excluding hydrogens is 220 g/mol. The number of phenolic OH excluding ortho intramolecular Hbond substituents is 1. The van der Waals surface area contributed by atoms with E-state index in [-0.39, 0.29) is 17.4 Å². The van der Waals surface area contributed by atoms with Gasteiger partial charge in [-0.1, -0.05) is 12.1 Å². The Morgan fingerprint density at radius 3 is 2.88 bits per heavy atom. The van der Waals surface area contributed by atoms with Gasteiger partial charge in [-0.2, -0.15) is 0 Å². The number of cyclic esters (lactones) is 1. The fourth-order valence-corrected chi connectivity index (χ4v) is 2.14. The fraction of sp³-hybridized carbons (Fsp3) is 0.462. The van der Waals surface area contributed by atoms with Crippen LogP contribution in [-0.4, -0.2) is 28.4 Å². The number of carbonyl (C=O) groups excluding carboxylic acids is 1. The lowest BCUT2D eigenvalue weighted by molar-refractivity contribution is 0.0120. The van der Waals surface area contributed by atoms with E-state index in [1.54, 1.807) is 19.9 Å². The minimum atomic E-state index is -0.506. The van der Waals surface area contributed by atoms with Crippen molar-refractivity contribution in [2.75, 3.05) is 0 Å². The Hall–Kier alpha value is -1.55. The summed E-state index contributed by atoms with van der Waals surface area (Å²) in [6.07, 6.45) is 0.144. The summed E-state index contributed by atoms with van der Waals surface area (Å²) in [6, 6.07) is 3.62. The molecule has 1 aliphatic heterocycles. The molecule has 0 aromatic heterocycles. The highest BCUT2D eigenvalue weighted by Crippen LogP contribution is 2.31. The van der Waals surface area contributed by atoms with Crippen LogP contribution >= 0.6 is 0 Å². The van der Waals surface area contributed by atoms with Gasteiger partial charge in [0.05, 0.1) is 6.10 Å². The lowest BCUT2D eigenvalue weighted by Crippen LogP contribution is -2.30. The second-order valence-electron chi connectivity index (χ2n) is 4.58. The monoisotopic (exact) mass is 236 g/mol. The van der Waals surface area contributed by atoms with Gasteiger partial charge in [0.2, 0.25) is 0 Å². The molecule has 0 radical (unpaired) electrons. The molecule has 4 nitrogen and oxygen atoms in total. The smallest absolute Gasteiger partial charge is 0.342 e. The van der Waals surface area contributed by atoms with E-state index < -0.39 is 12.1 Å². The van der Waals surface area contributed by atoms with Gasteiger partial charge in [-0.25, -0.2) is 4.79 Å². The molecule has 0 fully saturated rings. The predicted octanol–water partition coefficient (Wildman–Crippen LogP) is 1.55. The second kappa shape index (κ2) is 4.37. The van der Waals surface area contributed by atoms with Crippen molar-refractivity contribution < 1.29 is 19.7 Å². The van der Waals surface area contributed by atoms with Crippen LogP contribution in [0.4, 0.5) is 0 Å². The maximum absolute atomic E-state index is 11.8. The number of ether oxygens (including phenoxy) is 1. The lowest BCUT2D eigenvalue weighted by Gasteiger charge is -2.26. The van der Waals surface area contributed by atoms with E-state index in [4.69, 9.17) is 4.74 Å². The van der Waals surface area contributed by atoms with Crippen LogP contribution in [0.2, 0.25) is 0 Å². The van der Waals surface area contributed by atoms with Crippen molar-refractivity contribution in [1.29, 1.82) is 0 Å². The SMILES string of the molecule is Cc1ccc2c(c1O)C(=O)OC(CC(C)O)C2. The summed E-state index contributed by atoms with van der Waals surface area (Å²) >= 11 is 0. The molecule has 0 spiro atoms. The van der Waals surface area contributed by atoms with E-state index in [1.807, 2.05) is 6.07 Å². The quantitative estimate of drug-likeness (QED) is 0.765. The molecule has 92 valence electrons. The van der Waals surface area contributed by atoms with Crippen molar-refractivity contribution in [3.63, 3.8) is 0 Å². The first kappa shape index (κ1) is 11.9. The third-order valence-corrected chi connectivity index (χ3v) is 3.00. The first-order valence-corrected chi connectivity index (χ1v) is 5.69. The summed E-state index contributed by atoms with van der Waals surface area (Å²) < 4.78 is 5.20. The lowest BCUT2D eigenvalue weighted by atomic mass is 9.93. The van der Waals surface area contributed by atoms with Gasteiger partial charge in [-0.15, -0.1) is 0 Å². The normalized spacial score (nSPS) is 20.6.